The average Bonchev–Trinajstić information content (AvgIpc) is 1.50. The SMILES string of the molecule is CC(C)(C)c1cc(-c2ccccc2)c(N2c3ccc(-c4cc(-c5ccccc5)cc(-c5ccccc5)c4)cc3B3c4ccc(-c5cc(-c6ccccc6)cc(-c6ccccc6)c5)cc4N(c4c(-c5cccc6oc7ccccc7c56)cc(C(C)(C)C)cc4-c4cccc5oc6ccccc6c45)c4cc(-n5c6ccc(C(C)(C)C)cc6c6cc(C(C)(C)C)ccc65)cc2c43)c(-c2cccc3oc4ccccc4c23)c1. The third-order valence-electron chi connectivity index (χ3n) is 30.3. The predicted molar refractivity (Wildman–Crippen MR) is 606 cm³/mol. The number of aromatic nitrogens is 1. The molecule has 0 aliphatic carbocycles. The molecule has 0 bridgehead atoms. The van der Waals surface area contributed by atoms with Crippen molar-refractivity contribution < 1.29 is 13.3 Å². The van der Waals surface area contributed by atoms with Gasteiger partial charge >= 0.3 is 0 Å². The second-order valence-corrected chi connectivity index (χ2v) is 43.4. The van der Waals surface area contributed by atoms with Gasteiger partial charge in [0.05, 0.1) is 28.1 Å². The molecule has 0 atom stereocenters. The second kappa shape index (κ2) is 33.0. The summed E-state index contributed by atoms with van der Waals surface area (Å²) in [6.07, 6.45) is 0. The smallest absolute Gasteiger partial charge is 0.252 e. The van der Waals surface area contributed by atoms with Gasteiger partial charge in [-0.1, -0.05) is 362 Å². The highest BCUT2D eigenvalue weighted by atomic mass is 16.3. The van der Waals surface area contributed by atoms with Gasteiger partial charge in [0.25, 0.3) is 6.71 Å². The van der Waals surface area contributed by atoms with Gasteiger partial charge in [0.15, 0.2) is 0 Å². The van der Waals surface area contributed by atoms with Crippen LogP contribution >= 0.6 is 0 Å². The lowest BCUT2D eigenvalue weighted by molar-refractivity contribution is 0.590. The van der Waals surface area contributed by atoms with Crippen molar-refractivity contribution in [3.05, 3.63) is 447 Å². The van der Waals surface area contributed by atoms with Crippen LogP contribution in [0.3, 0.4) is 0 Å². The Balaban J connectivity index is 0.895. The van der Waals surface area contributed by atoms with E-state index in [2.05, 4.69) is 522 Å². The van der Waals surface area contributed by atoms with Gasteiger partial charge in [-0.2, -0.15) is 0 Å². The number of benzene rings is 20. The summed E-state index contributed by atoms with van der Waals surface area (Å²) in [6.45, 7) is 27.8. The number of fused-ring (bicyclic) bond motifs is 16. The lowest BCUT2D eigenvalue weighted by Crippen LogP contribution is -2.61. The molecule has 6 heterocycles. The molecule has 2 aliphatic rings. The number of furan rings is 3. The Hall–Kier alpha value is -16.7. The number of nitrogens with zero attached hydrogens (tertiary/aromatic N) is 3. The quantitative estimate of drug-likeness (QED) is 0.108. The van der Waals surface area contributed by atoms with Crippen LogP contribution in [0, 0.1) is 0 Å². The molecule has 0 amide bonds. The van der Waals surface area contributed by atoms with Crippen molar-refractivity contribution >= 4 is 145 Å². The molecule has 0 radical (unpaired) electrons. The highest BCUT2D eigenvalue weighted by Gasteiger charge is 2.47. The zero-order chi connectivity index (χ0) is 96.8. The van der Waals surface area contributed by atoms with Crippen LogP contribution in [0.15, 0.2) is 438 Å². The summed E-state index contributed by atoms with van der Waals surface area (Å²) in [7, 11) is 0. The lowest BCUT2D eigenvalue weighted by Gasteiger charge is -2.46. The predicted octanol–water partition coefficient (Wildman–Crippen LogP) is 36.4. The van der Waals surface area contributed by atoms with Crippen molar-refractivity contribution in [2.24, 2.45) is 0 Å². The Morgan fingerprint density at radius 2 is 0.517 bits per heavy atom. The van der Waals surface area contributed by atoms with Crippen molar-refractivity contribution in [2.45, 2.75) is 105 Å². The third kappa shape index (κ3) is 14.5. The Kier molecular flexibility index (Phi) is 20.0. The second-order valence-electron chi connectivity index (χ2n) is 43.4. The molecule has 26 rings (SSSR count). The molecule has 0 unspecified atom stereocenters. The monoisotopic (exact) mass is 1840 g/mol. The molecular formula is C136H106BN3O3. The maximum Gasteiger partial charge on any atom is 0.252 e. The first-order valence-corrected chi connectivity index (χ1v) is 50.3. The first-order chi connectivity index (χ1) is 69.4. The number of rotatable bonds is 13. The van der Waals surface area contributed by atoms with Gasteiger partial charge in [0, 0.05) is 88.1 Å². The van der Waals surface area contributed by atoms with Gasteiger partial charge in [-0.25, -0.2) is 0 Å². The molecule has 2 aliphatic heterocycles. The van der Waals surface area contributed by atoms with Gasteiger partial charge in [-0.3, -0.25) is 0 Å². The van der Waals surface area contributed by atoms with Crippen LogP contribution in [-0.2, 0) is 21.7 Å². The minimum absolute atomic E-state index is 0.182. The van der Waals surface area contributed by atoms with Crippen molar-refractivity contribution in [1.29, 1.82) is 0 Å². The van der Waals surface area contributed by atoms with Gasteiger partial charge in [-0.15, -0.1) is 0 Å². The molecule has 0 N–H and O–H groups in total. The van der Waals surface area contributed by atoms with Crippen molar-refractivity contribution in [1.82, 2.24) is 4.57 Å². The molecule has 686 valence electrons. The van der Waals surface area contributed by atoms with E-state index in [0.29, 0.717) is 0 Å². The van der Waals surface area contributed by atoms with Crippen LogP contribution < -0.4 is 26.2 Å². The van der Waals surface area contributed by atoms with E-state index in [1.54, 1.807) is 0 Å². The van der Waals surface area contributed by atoms with Crippen molar-refractivity contribution in [3.8, 4) is 117 Å². The van der Waals surface area contributed by atoms with Gasteiger partial charge in [0.2, 0.25) is 0 Å². The Labute approximate surface area is 835 Å². The highest BCUT2D eigenvalue weighted by molar-refractivity contribution is 7.00. The number of hydrogen-bond donors (Lipinski definition) is 0. The fourth-order valence-corrected chi connectivity index (χ4v) is 23.0. The van der Waals surface area contributed by atoms with Gasteiger partial charge in [0.1, 0.15) is 33.5 Å². The van der Waals surface area contributed by atoms with Gasteiger partial charge < -0.3 is 27.6 Å². The van der Waals surface area contributed by atoms with E-state index < -0.39 is 12.1 Å². The number of para-hydroxylation sites is 3. The fraction of sp³-hybridized carbons (Fsp3) is 0.118. The molecule has 0 spiro atoms. The topological polar surface area (TPSA) is 50.8 Å². The molecule has 24 aromatic rings. The zero-order valence-corrected chi connectivity index (χ0v) is 82.6. The minimum Gasteiger partial charge on any atom is -0.456 e. The summed E-state index contributed by atoms with van der Waals surface area (Å²) in [5.41, 5.74) is 43.3. The van der Waals surface area contributed by atoms with Crippen LogP contribution in [0.5, 0.6) is 0 Å². The Morgan fingerprint density at radius 1 is 0.196 bits per heavy atom. The van der Waals surface area contributed by atoms with Crippen LogP contribution in [0.1, 0.15) is 105 Å². The molecular weight excluding hydrogens is 1730 g/mol. The minimum atomic E-state index is -0.481. The summed E-state index contributed by atoms with van der Waals surface area (Å²) < 4.78 is 24.1. The molecule has 4 aromatic heterocycles. The molecule has 20 aromatic carbocycles. The standard InChI is InChI=1S/C136H106BN3O3/c1-133(2,3)96-61-65-115-108(75-96)109-76-97(134(4,5)6)62-66-116(109)138(115)100-81-119-130-120(82-100)140(132-111(102-51-35-57-125-128(102)105-48-29-32-54-122(105)142-125)79-99(136(10,11)12)80-112(132)103-52-36-58-126-129(103)106-49-30-33-55-123(106)143-126)118-74-89(95-71-92(85-41-22-15-23-42-85)68-93(72-95)86-43-24-16-25-44-86)59-63-113(118)137(130)114-73-88(94-69-90(83-37-18-13-19-38-83)67-91(70-94)84-39-20-14-21-40-84)60-64-117(114)139(119)131-107(87-45-26-17-27-46-87)77-98(135(7,8)9)78-110(131)101-50-34-56-124-127(101)104-47-28-31-53-121(104)141-124/h13-82H,1-12H3. The van der Waals surface area contributed by atoms with Crippen molar-refractivity contribution in [3.63, 3.8) is 0 Å². The molecule has 143 heavy (non-hydrogen) atoms. The maximum absolute atomic E-state index is 7.20. The summed E-state index contributed by atoms with van der Waals surface area (Å²) in [6, 6.07) is 161. The summed E-state index contributed by atoms with van der Waals surface area (Å²) in [4.78, 5) is 5.53. The van der Waals surface area contributed by atoms with E-state index in [0.717, 1.165) is 244 Å². The first-order valence-electron chi connectivity index (χ1n) is 50.3. The van der Waals surface area contributed by atoms with Crippen LogP contribution in [-0.4, -0.2) is 11.3 Å². The third-order valence-corrected chi connectivity index (χ3v) is 30.3. The Morgan fingerprint density at radius 3 is 0.902 bits per heavy atom. The molecule has 0 fully saturated rings. The average molecular weight is 1840 g/mol. The molecule has 6 nitrogen and oxygen atoms in total. The van der Waals surface area contributed by atoms with Crippen LogP contribution in [0.25, 0.3) is 205 Å². The van der Waals surface area contributed by atoms with E-state index in [1.165, 1.54) is 33.0 Å². The maximum atomic E-state index is 7.20. The summed E-state index contributed by atoms with van der Waals surface area (Å²) in [5, 5.41) is 8.63. The summed E-state index contributed by atoms with van der Waals surface area (Å²) >= 11 is 0. The van der Waals surface area contributed by atoms with E-state index >= 15 is 0 Å². The highest BCUT2D eigenvalue weighted by Crippen LogP contribution is 2.59. The Bertz CT molecular complexity index is 8990. The summed E-state index contributed by atoms with van der Waals surface area (Å²) in [5.74, 6) is 0. The largest absolute Gasteiger partial charge is 0.456 e. The lowest BCUT2D eigenvalue weighted by atomic mass is 9.33. The molecule has 0 saturated carbocycles. The molecule has 7 heteroatoms. The van der Waals surface area contributed by atoms with E-state index in [1.807, 2.05) is 0 Å². The van der Waals surface area contributed by atoms with Crippen LogP contribution in [0.2, 0.25) is 0 Å². The van der Waals surface area contributed by atoms with E-state index in [4.69, 9.17) is 13.3 Å². The first kappa shape index (κ1) is 86.6. The van der Waals surface area contributed by atoms with Gasteiger partial charge in [-0.05, 0) is 295 Å². The normalized spacial score (nSPS) is 12.9. The van der Waals surface area contributed by atoms with Crippen molar-refractivity contribution in [2.75, 3.05) is 9.80 Å². The van der Waals surface area contributed by atoms with Crippen LogP contribution in [0.4, 0.5) is 34.1 Å². The number of anilines is 6. The van der Waals surface area contributed by atoms with E-state index in [-0.39, 0.29) is 16.2 Å². The zero-order valence-electron chi connectivity index (χ0n) is 82.6. The fourth-order valence-electron chi connectivity index (χ4n) is 23.0. The molecule has 0 saturated heterocycles. The number of hydrogen-bond acceptors (Lipinski definition) is 5. The van der Waals surface area contributed by atoms with E-state index in [9.17, 15) is 0 Å².